The van der Waals surface area contributed by atoms with Crippen LogP contribution < -0.4 is 0 Å². The zero-order valence-electron chi connectivity index (χ0n) is 10.3. The molecule has 0 aromatic rings. The standard InChI is InChI=1S/C10H22N2O2S/c1-8(2)11(4)15(13,14)12(5)9(3)10-6-7-10/h8-10H,6-7H2,1-5H3/t9-/m1/s1. The van der Waals surface area contributed by atoms with E-state index in [1.165, 1.54) is 8.61 Å². The van der Waals surface area contributed by atoms with Crippen LogP contribution in [0.2, 0.25) is 0 Å². The Labute approximate surface area is 93.4 Å². The second-order valence-corrected chi connectivity index (χ2v) is 6.76. The van der Waals surface area contributed by atoms with Gasteiger partial charge in [-0.3, -0.25) is 0 Å². The van der Waals surface area contributed by atoms with Crippen molar-refractivity contribution >= 4 is 10.2 Å². The molecule has 0 aromatic heterocycles. The van der Waals surface area contributed by atoms with Crippen molar-refractivity contribution < 1.29 is 8.42 Å². The van der Waals surface area contributed by atoms with Crippen LogP contribution in [0.15, 0.2) is 0 Å². The molecule has 0 unspecified atom stereocenters. The van der Waals surface area contributed by atoms with Crippen molar-refractivity contribution in [1.29, 1.82) is 0 Å². The predicted molar refractivity (Wildman–Crippen MR) is 61.8 cm³/mol. The van der Waals surface area contributed by atoms with Crippen molar-refractivity contribution in [3.63, 3.8) is 0 Å². The molecule has 0 aromatic carbocycles. The van der Waals surface area contributed by atoms with Gasteiger partial charge in [0.25, 0.3) is 10.2 Å². The maximum atomic E-state index is 12.1. The molecule has 5 heteroatoms. The first-order valence-corrected chi connectivity index (χ1v) is 6.89. The van der Waals surface area contributed by atoms with E-state index in [0.717, 1.165) is 12.8 Å². The number of hydrogen-bond acceptors (Lipinski definition) is 2. The van der Waals surface area contributed by atoms with Gasteiger partial charge < -0.3 is 0 Å². The Balaban J connectivity index is 2.75. The average molecular weight is 234 g/mol. The Morgan fingerprint density at radius 1 is 1.07 bits per heavy atom. The van der Waals surface area contributed by atoms with E-state index in [2.05, 4.69) is 0 Å². The monoisotopic (exact) mass is 234 g/mol. The summed E-state index contributed by atoms with van der Waals surface area (Å²) in [4.78, 5) is 0. The van der Waals surface area contributed by atoms with Gasteiger partial charge in [-0.1, -0.05) is 0 Å². The van der Waals surface area contributed by atoms with Crippen LogP contribution in [0, 0.1) is 5.92 Å². The Morgan fingerprint density at radius 2 is 1.53 bits per heavy atom. The average Bonchev–Trinajstić information content (AvgIpc) is 2.97. The minimum Gasteiger partial charge on any atom is -0.195 e. The summed E-state index contributed by atoms with van der Waals surface area (Å²) in [5, 5.41) is 0. The van der Waals surface area contributed by atoms with Crippen molar-refractivity contribution in [3.8, 4) is 0 Å². The summed E-state index contributed by atoms with van der Waals surface area (Å²) in [7, 11) is 0.0370. The lowest BCUT2D eigenvalue weighted by Crippen LogP contribution is -2.47. The summed E-state index contributed by atoms with van der Waals surface area (Å²) in [6, 6.07) is 0.125. The van der Waals surface area contributed by atoms with Crippen LogP contribution in [0.5, 0.6) is 0 Å². The zero-order chi connectivity index (χ0) is 11.8. The number of rotatable bonds is 5. The zero-order valence-corrected chi connectivity index (χ0v) is 11.1. The smallest absolute Gasteiger partial charge is 0.195 e. The summed E-state index contributed by atoms with van der Waals surface area (Å²) in [6.45, 7) is 5.75. The maximum Gasteiger partial charge on any atom is 0.281 e. The fraction of sp³-hybridized carbons (Fsp3) is 1.00. The Morgan fingerprint density at radius 3 is 1.87 bits per heavy atom. The van der Waals surface area contributed by atoms with Gasteiger partial charge in [-0.25, -0.2) is 0 Å². The predicted octanol–water partition coefficient (Wildman–Crippen LogP) is 1.30. The van der Waals surface area contributed by atoms with Crippen LogP contribution in [0.3, 0.4) is 0 Å². The largest absolute Gasteiger partial charge is 0.281 e. The molecule has 0 N–H and O–H groups in total. The Bertz CT molecular complexity index is 309. The van der Waals surface area contributed by atoms with E-state index in [0.29, 0.717) is 5.92 Å². The van der Waals surface area contributed by atoms with Gasteiger partial charge in [0.2, 0.25) is 0 Å². The molecule has 0 aliphatic heterocycles. The molecule has 1 fully saturated rings. The highest BCUT2D eigenvalue weighted by molar-refractivity contribution is 7.86. The van der Waals surface area contributed by atoms with Crippen LogP contribution in [0.25, 0.3) is 0 Å². The SMILES string of the molecule is CC(C)N(C)S(=O)(=O)N(C)[C@H](C)C1CC1. The molecule has 0 spiro atoms. The van der Waals surface area contributed by atoms with E-state index in [1.54, 1.807) is 14.1 Å². The van der Waals surface area contributed by atoms with Gasteiger partial charge >= 0.3 is 0 Å². The lowest BCUT2D eigenvalue weighted by Gasteiger charge is -2.30. The van der Waals surface area contributed by atoms with E-state index >= 15 is 0 Å². The van der Waals surface area contributed by atoms with Crippen LogP contribution >= 0.6 is 0 Å². The third kappa shape index (κ3) is 2.71. The molecule has 1 saturated carbocycles. The van der Waals surface area contributed by atoms with Gasteiger partial charge in [-0.15, -0.1) is 0 Å². The third-order valence-electron chi connectivity index (χ3n) is 3.33. The Hall–Kier alpha value is -0.130. The summed E-state index contributed by atoms with van der Waals surface area (Å²) in [5.74, 6) is 0.560. The fourth-order valence-electron chi connectivity index (χ4n) is 1.56. The van der Waals surface area contributed by atoms with E-state index in [1.807, 2.05) is 20.8 Å². The molecule has 1 rings (SSSR count). The van der Waals surface area contributed by atoms with Gasteiger partial charge in [-0.2, -0.15) is 17.0 Å². The summed E-state index contributed by atoms with van der Waals surface area (Å²) in [5.41, 5.74) is 0. The summed E-state index contributed by atoms with van der Waals surface area (Å²) < 4.78 is 27.1. The van der Waals surface area contributed by atoms with Crippen LogP contribution in [-0.2, 0) is 10.2 Å². The minimum absolute atomic E-state index is 0.00357. The molecule has 1 atom stereocenters. The summed E-state index contributed by atoms with van der Waals surface area (Å²) in [6.07, 6.45) is 2.32. The van der Waals surface area contributed by atoms with Crippen LogP contribution in [0.4, 0.5) is 0 Å². The van der Waals surface area contributed by atoms with Crippen molar-refractivity contribution in [2.45, 2.75) is 45.7 Å². The van der Waals surface area contributed by atoms with Gasteiger partial charge in [0.15, 0.2) is 0 Å². The first-order valence-electron chi connectivity index (χ1n) is 5.49. The Kier molecular flexibility index (Phi) is 3.79. The number of nitrogens with zero attached hydrogens (tertiary/aromatic N) is 2. The molecule has 1 aliphatic carbocycles. The molecular formula is C10H22N2O2S. The molecule has 0 bridgehead atoms. The highest BCUT2D eigenvalue weighted by Gasteiger charge is 2.37. The molecule has 0 amide bonds. The molecule has 90 valence electrons. The van der Waals surface area contributed by atoms with E-state index in [-0.39, 0.29) is 12.1 Å². The topological polar surface area (TPSA) is 40.6 Å². The van der Waals surface area contributed by atoms with Crippen LogP contribution in [0.1, 0.15) is 33.6 Å². The van der Waals surface area contributed by atoms with Crippen molar-refractivity contribution in [2.24, 2.45) is 5.92 Å². The maximum absolute atomic E-state index is 12.1. The highest BCUT2D eigenvalue weighted by atomic mass is 32.2. The number of hydrogen-bond donors (Lipinski definition) is 0. The first kappa shape index (κ1) is 12.9. The molecule has 0 heterocycles. The molecular weight excluding hydrogens is 212 g/mol. The summed E-state index contributed by atoms with van der Waals surface area (Å²) >= 11 is 0. The third-order valence-corrected chi connectivity index (χ3v) is 5.54. The normalized spacial score (nSPS) is 20.3. The quantitative estimate of drug-likeness (QED) is 0.719. The van der Waals surface area contributed by atoms with Crippen molar-refractivity contribution in [2.75, 3.05) is 14.1 Å². The van der Waals surface area contributed by atoms with E-state index in [4.69, 9.17) is 0 Å². The molecule has 4 nitrogen and oxygen atoms in total. The molecule has 1 aliphatic rings. The van der Waals surface area contributed by atoms with Gasteiger partial charge in [0.05, 0.1) is 0 Å². The van der Waals surface area contributed by atoms with E-state index in [9.17, 15) is 8.42 Å². The molecule has 0 saturated heterocycles. The van der Waals surface area contributed by atoms with Crippen molar-refractivity contribution in [3.05, 3.63) is 0 Å². The van der Waals surface area contributed by atoms with Crippen LogP contribution in [-0.4, -0.2) is 43.2 Å². The minimum atomic E-state index is -3.28. The first-order chi connectivity index (χ1) is 6.78. The van der Waals surface area contributed by atoms with Gasteiger partial charge in [-0.05, 0) is 39.5 Å². The molecule has 15 heavy (non-hydrogen) atoms. The lowest BCUT2D eigenvalue weighted by atomic mass is 10.2. The van der Waals surface area contributed by atoms with Gasteiger partial charge in [0.1, 0.15) is 0 Å². The highest BCUT2D eigenvalue weighted by Crippen LogP contribution is 2.35. The van der Waals surface area contributed by atoms with Crippen molar-refractivity contribution in [1.82, 2.24) is 8.61 Å². The van der Waals surface area contributed by atoms with E-state index < -0.39 is 10.2 Å². The fourth-order valence-corrected chi connectivity index (χ4v) is 3.09. The second-order valence-electron chi connectivity index (χ2n) is 4.71. The lowest BCUT2D eigenvalue weighted by molar-refractivity contribution is 0.307. The second kappa shape index (κ2) is 4.39. The molecule has 0 radical (unpaired) electrons. The van der Waals surface area contributed by atoms with Gasteiger partial charge in [0, 0.05) is 26.2 Å².